The Morgan fingerprint density at radius 2 is 1.19 bits per heavy atom. The van der Waals surface area contributed by atoms with Gasteiger partial charge in [0.05, 0.1) is 0 Å². The van der Waals surface area contributed by atoms with Gasteiger partial charge in [-0.3, -0.25) is 14.7 Å². The second kappa shape index (κ2) is 5.15. The highest BCUT2D eigenvalue weighted by atomic mass is 35.5. The van der Waals surface area contributed by atoms with E-state index in [-0.39, 0.29) is 4.68 Å². The van der Waals surface area contributed by atoms with E-state index in [1.54, 1.807) is 5.10 Å². The summed E-state index contributed by atoms with van der Waals surface area (Å²) in [7, 11) is 0. The molecule has 0 radical (unpaired) electrons. The van der Waals surface area contributed by atoms with E-state index in [2.05, 4.69) is 0 Å². The first-order chi connectivity index (χ1) is 9.68. The van der Waals surface area contributed by atoms with Gasteiger partial charge in [-0.2, -0.15) is 0 Å². The number of aromatic nitrogens is 2. The SMILES string of the molecule is O=c1[nH]n(-c2c(F)c(F)c(F)c(F)c2F)c(=O)c(Cl)c1Cl. The van der Waals surface area contributed by atoms with E-state index in [4.69, 9.17) is 23.2 Å². The van der Waals surface area contributed by atoms with E-state index < -0.39 is 55.9 Å². The van der Waals surface area contributed by atoms with Gasteiger partial charge in [-0.25, -0.2) is 26.6 Å². The molecule has 0 amide bonds. The molecule has 0 spiro atoms. The Hall–Kier alpha value is -1.87. The molecule has 0 aliphatic rings. The molecule has 0 aliphatic heterocycles. The van der Waals surface area contributed by atoms with Crippen LogP contribution in [0.3, 0.4) is 0 Å². The van der Waals surface area contributed by atoms with Gasteiger partial charge in [0, 0.05) is 0 Å². The molecular formula is C10HCl2F5N2O2. The van der Waals surface area contributed by atoms with Gasteiger partial charge in [-0.15, -0.1) is 0 Å². The second-order valence-corrected chi connectivity index (χ2v) is 4.38. The van der Waals surface area contributed by atoms with Crippen molar-refractivity contribution in [2.45, 2.75) is 0 Å². The van der Waals surface area contributed by atoms with Crippen LogP contribution >= 0.6 is 23.2 Å². The highest BCUT2D eigenvalue weighted by Gasteiger charge is 2.28. The summed E-state index contributed by atoms with van der Waals surface area (Å²) >= 11 is 10.7. The topological polar surface area (TPSA) is 54.9 Å². The third-order valence-corrected chi connectivity index (χ3v) is 3.21. The molecule has 0 fully saturated rings. The van der Waals surface area contributed by atoms with Gasteiger partial charge in [0.2, 0.25) is 5.82 Å². The van der Waals surface area contributed by atoms with Crippen LogP contribution in [0.4, 0.5) is 22.0 Å². The molecule has 1 aromatic heterocycles. The van der Waals surface area contributed by atoms with Gasteiger partial charge in [0.1, 0.15) is 15.7 Å². The number of nitrogens with one attached hydrogen (secondary N) is 1. The number of aromatic amines is 1. The van der Waals surface area contributed by atoms with Crippen LogP contribution in [0.1, 0.15) is 0 Å². The molecule has 0 bridgehead atoms. The Balaban J connectivity index is 3.00. The third-order valence-electron chi connectivity index (χ3n) is 2.41. The van der Waals surface area contributed by atoms with Crippen LogP contribution in [0.2, 0.25) is 10.0 Å². The Kier molecular flexibility index (Phi) is 3.81. The van der Waals surface area contributed by atoms with Crippen LogP contribution in [-0.4, -0.2) is 9.78 Å². The quantitative estimate of drug-likeness (QED) is 0.490. The number of hydrogen-bond acceptors (Lipinski definition) is 2. The van der Waals surface area contributed by atoms with Crippen LogP contribution < -0.4 is 11.1 Å². The summed E-state index contributed by atoms with van der Waals surface area (Å²) in [5, 5.41) is -0.177. The molecule has 2 aromatic rings. The van der Waals surface area contributed by atoms with Gasteiger partial charge in [-0.05, 0) is 0 Å². The van der Waals surface area contributed by atoms with Crippen molar-refractivity contribution in [2.75, 3.05) is 0 Å². The summed E-state index contributed by atoms with van der Waals surface area (Å²) in [4.78, 5) is 23.0. The lowest BCUT2D eigenvalue weighted by molar-refractivity contribution is 0.372. The lowest BCUT2D eigenvalue weighted by Gasteiger charge is -2.10. The first-order valence-corrected chi connectivity index (χ1v) is 5.66. The molecule has 11 heteroatoms. The van der Waals surface area contributed by atoms with Crippen molar-refractivity contribution >= 4 is 23.2 Å². The summed E-state index contributed by atoms with van der Waals surface area (Å²) in [6.07, 6.45) is 0. The third kappa shape index (κ3) is 2.22. The van der Waals surface area contributed by atoms with E-state index in [0.29, 0.717) is 0 Å². The standard InChI is InChI=1S/C10HCl2F5N2O2/c11-1-2(12)10(21)19(18-9(1)20)8-6(16)4(14)3(13)5(15)7(8)17/h(H,18,20). The van der Waals surface area contributed by atoms with Crippen molar-refractivity contribution in [3.8, 4) is 5.69 Å². The van der Waals surface area contributed by atoms with Gasteiger partial charge in [0.15, 0.2) is 23.3 Å². The molecule has 0 atom stereocenters. The van der Waals surface area contributed by atoms with Crippen LogP contribution in [-0.2, 0) is 0 Å². The molecular weight excluding hydrogens is 346 g/mol. The van der Waals surface area contributed by atoms with Crippen LogP contribution in [0.5, 0.6) is 0 Å². The van der Waals surface area contributed by atoms with Crippen LogP contribution in [0.25, 0.3) is 5.69 Å². The Morgan fingerprint density at radius 3 is 1.67 bits per heavy atom. The van der Waals surface area contributed by atoms with Crippen molar-refractivity contribution in [3.63, 3.8) is 0 Å². The average molecular weight is 347 g/mol. The maximum Gasteiger partial charge on any atom is 0.290 e. The lowest BCUT2D eigenvalue weighted by Crippen LogP contribution is -2.31. The van der Waals surface area contributed by atoms with Gasteiger partial charge < -0.3 is 0 Å². The molecule has 1 heterocycles. The van der Waals surface area contributed by atoms with Crippen LogP contribution in [0, 0.1) is 29.1 Å². The number of hydrogen-bond donors (Lipinski definition) is 1. The monoisotopic (exact) mass is 346 g/mol. The number of benzene rings is 1. The van der Waals surface area contributed by atoms with E-state index >= 15 is 0 Å². The zero-order valence-corrected chi connectivity index (χ0v) is 10.9. The maximum atomic E-state index is 13.6. The predicted molar refractivity (Wildman–Crippen MR) is 62.5 cm³/mol. The van der Waals surface area contributed by atoms with Crippen molar-refractivity contribution < 1.29 is 22.0 Å². The van der Waals surface area contributed by atoms with E-state index in [0.717, 1.165) is 0 Å². The number of H-pyrrole nitrogens is 1. The van der Waals surface area contributed by atoms with Gasteiger partial charge in [-0.1, -0.05) is 23.2 Å². The average Bonchev–Trinajstić information content (AvgIpc) is 2.46. The molecule has 0 saturated carbocycles. The van der Waals surface area contributed by atoms with E-state index in [9.17, 15) is 31.5 Å². The fourth-order valence-corrected chi connectivity index (χ4v) is 1.73. The fraction of sp³-hybridized carbons (Fsp3) is 0. The Bertz CT molecular complexity index is 848. The van der Waals surface area contributed by atoms with Crippen molar-refractivity contribution in [2.24, 2.45) is 0 Å². The molecule has 21 heavy (non-hydrogen) atoms. The van der Waals surface area contributed by atoms with Gasteiger partial charge in [0.25, 0.3) is 11.1 Å². The highest BCUT2D eigenvalue weighted by molar-refractivity contribution is 6.41. The second-order valence-electron chi connectivity index (χ2n) is 3.63. The van der Waals surface area contributed by atoms with Crippen molar-refractivity contribution in [1.29, 1.82) is 0 Å². The minimum absolute atomic E-state index is 0.215. The normalized spacial score (nSPS) is 11.0. The molecule has 2 rings (SSSR count). The summed E-state index contributed by atoms with van der Waals surface area (Å²) in [6.45, 7) is 0. The number of nitrogens with zero attached hydrogens (tertiary/aromatic N) is 1. The van der Waals surface area contributed by atoms with Crippen molar-refractivity contribution in [3.05, 3.63) is 59.8 Å². The van der Waals surface area contributed by atoms with E-state index in [1.165, 1.54) is 0 Å². The first-order valence-electron chi connectivity index (χ1n) is 4.90. The minimum Gasteiger partial charge on any atom is -0.266 e. The maximum absolute atomic E-state index is 13.6. The largest absolute Gasteiger partial charge is 0.290 e. The smallest absolute Gasteiger partial charge is 0.266 e. The predicted octanol–water partition coefficient (Wildman–Crippen LogP) is 2.53. The van der Waals surface area contributed by atoms with Gasteiger partial charge >= 0.3 is 0 Å². The zero-order chi connectivity index (χ0) is 16.1. The molecule has 0 unspecified atom stereocenters. The molecule has 1 aromatic carbocycles. The fourth-order valence-electron chi connectivity index (χ4n) is 1.44. The molecule has 0 saturated heterocycles. The summed E-state index contributed by atoms with van der Waals surface area (Å²) in [5.41, 5.74) is -4.40. The number of rotatable bonds is 1. The van der Waals surface area contributed by atoms with E-state index in [1.807, 2.05) is 0 Å². The first kappa shape index (κ1) is 15.5. The summed E-state index contributed by atoms with van der Waals surface area (Å²) in [5.74, 6) is -11.6. The highest BCUT2D eigenvalue weighted by Crippen LogP contribution is 2.25. The molecule has 112 valence electrons. The summed E-state index contributed by atoms with van der Waals surface area (Å²) in [6, 6.07) is 0. The van der Waals surface area contributed by atoms with Crippen molar-refractivity contribution in [1.82, 2.24) is 9.78 Å². The Labute approximate surface area is 121 Å². The van der Waals surface area contributed by atoms with Crippen LogP contribution in [0.15, 0.2) is 9.59 Å². The molecule has 0 aliphatic carbocycles. The lowest BCUT2D eigenvalue weighted by atomic mass is 10.2. The number of halogens is 7. The zero-order valence-electron chi connectivity index (χ0n) is 9.41. The Morgan fingerprint density at radius 1 is 0.762 bits per heavy atom. The molecule has 4 nitrogen and oxygen atoms in total. The minimum atomic E-state index is -2.41. The summed E-state index contributed by atoms with van der Waals surface area (Å²) < 4.78 is 65.9. The molecule has 1 N–H and O–H groups in total.